The van der Waals surface area contributed by atoms with Crippen LogP contribution in [0.4, 0.5) is 0 Å². The third-order valence-corrected chi connectivity index (χ3v) is 4.49. The molecule has 0 aliphatic carbocycles. The number of aryl methyl sites for hydroxylation is 1. The predicted molar refractivity (Wildman–Crippen MR) is 73.7 cm³/mol. The van der Waals surface area contributed by atoms with Crippen molar-refractivity contribution >= 4 is 11.3 Å². The molecule has 4 heteroatoms. The van der Waals surface area contributed by atoms with Crippen molar-refractivity contribution < 1.29 is 4.74 Å². The Morgan fingerprint density at radius 1 is 1.47 bits per heavy atom. The summed E-state index contributed by atoms with van der Waals surface area (Å²) in [5.74, 6) is 0. The quantitative estimate of drug-likeness (QED) is 0.814. The molecule has 0 saturated carbocycles. The van der Waals surface area contributed by atoms with Crippen molar-refractivity contribution in [3.05, 3.63) is 16.1 Å². The molecule has 1 heterocycles. The van der Waals surface area contributed by atoms with Crippen LogP contribution in [-0.2, 0) is 11.2 Å². The molecule has 98 valence electrons. The van der Waals surface area contributed by atoms with E-state index in [1.807, 2.05) is 21.1 Å². The fourth-order valence-corrected chi connectivity index (χ4v) is 3.06. The molecule has 0 aliphatic rings. The van der Waals surface area contributed by atoms with Crippen molar-refractivity contribution in [2.75, 3.05) is 14.2 Å². The van der Waals surface area contributed by atoms with Crippen LogP contribution in [0.5, 0.6) is 0 Å². The molecular formula is C13H24N2OS. The number of hydrogen-bond donors (Lipinski definition) is 1. The van der Waals surface area contributed by atoms with E-state index in [0.29, 0.717) is 6.04 Å². The van der Waals surface area contributed by atoms with E-state index in [9.17, 15) is 0 Å². The fraction of sp³-hybridized carbons (Fsp3) is 0.769. The minimum Gasteiger partial charge on any atom is -0.377 e. The predicted octanol–water partition coefficient (Wildman–Crippen LogP) is 2.79. The number of aromatic nitrogens is 1. The van der Waals surface area contributed by atoms with Gasteiger partial charge in [0.2, 0.25) is 0 Å². The summed E-state index contributed by atoms with van der Waals surface area (Å²) in [7, 11) is 3.81. The Balaban J connectivity index is 2.82. The Morgan fingerprint density at radius 2 is 2.12 bits per heavy atom. The van der Waals surface area contributed by atoms with Crippen molar-refractivity contribution in [2.24, 2.45) is 0 Å². The SMILES string of the molecule is CCC(CC)(OC)C(Cc1csc(C)n1)NC. The van der Waals surface area contributed by atoms with Crippen molar-refractivity contribution in [2.45, 2.75) is 51.7 Å². The van der Waals surface area contributed by atoms with E-state index in [0.717, 1.165) is 30.0 Å². The van der Waals surface area contributed by atoms with E-state index in [1.54, 1.807) is 11.3 Å². The van der Waals surface area contributed by atoms with Gasteiger partial charge in [0.15, 0.2) is 0 Å². The summed E-state index contributed by atoms with van der Waals surface area (Å²) in [6.45, 7) is 6.42. The molecule has 0 amide bonds. The smallest absolute Gasteiger partial charge is 0.0897 e. The van der Waals surface area contributed by atoms with Gasteiger partial charge in [-0.05, 0) is 26.8 Å². The molecule has 0 saturated heterocycles. The second kappa shape index (κ2) is 6.47. The molecule has 0 bridgehead atoms. The van der Waals surface area contributed by atoms with E-state index >= 15 is 0 Å². The van der Waals surface area contributed by atoms with E-state index in [4.69, 9.17) is 4.74 Å². The van der Waals surface area contributed by atoms with Crippen LogP contribution in [0.15, 0.2) is 5.38 Å². The lowest BCUT2D eigenvalue weighted by Crippen LogP contribution is -2.51. The maximum Gasteiger partial charge on any atom is 0.0897 e. The molecule has 1 N–H and O–H groups in total. The highest BCUT2D eigenvalue weighted by atomic mass is 32.1. The number of nitrogens with zero attached hydrogens (tertiary/aromatic N) is 1. The van der Waals surface area contributed by atoms with Gasteiger partial charge in [-0.3, -0.25) is 0 Å². The van der Waals surface area contributed by atoms with Gasteiger partial charge in [-0.15, -0.1) is 11.3 Å². The van der Waals surface area contributed by atoms with Crippen LogP contribution >= 0.6 is 11.3 Å². The molecular weight excluding hydrogens is 232 g/mol. The number of thiazole rings is 1. The van der Waals surface area contributed by atoms with Gasteiger partial charge in [-0.25, -0.2) is 4.98 Å². The van der Waals surface area contributed by atoms with Crippen LogP contribution in [-0.4, -0.2) is 30.8 Å². The number of ether oxygens (including phenoxy) is 1. The largest absolute Gasteiger partial charge is 0.377 e. The monoisotopic (exact) mass is 256 g/mol. The van der Waals surface area contributed by atoms with Gasteiger partial charge in [-0.1, -0.05) is 13.8 Å². The van der Waals surface area contributed by atoms with E-state index in [2.05, 4.69) is 29.5 Å². The Morgan fingerprint density at radius 3 is 2.47 bits per heavy atom. The van der Waals surface area contributed by atoms with Gasteiger partial charge in [0.25, 0.3) is 0 Å². The first kappa shape index (κ1) is 14.6. The Labute approximate surface area is 109 Å². The lowest BCUT2D eigenvalue weighted by atomic mass is 9.85. The van der Waals surface area contributed by atoms with Gasteiger partial charge in [-0.2, -0.15) is 0 Å². The molecule has 17 heavy (non-hydrogen) atoms. The molecule has 1 rings (SSSR count). The topological polar surface area (TPSA) is 34.1 Å². The summed E-state index contributed by atoms with van der Waals surface area (Å²) in [5.41, 5.74) is 1.07. The van der Waals surface area contributed by atoms with E-state index < -0.39 is 0 Å². The van der Waals surface area contributed by atoms with Gasteiger partial charge >= 0.3 is 0 Å². The van der Waals surface area contributed by atoms with Gasteiger partial charge < -0.3 is 10.1 Å². The average molecular weight is 256 g/mol. The van der Waals surface area contributed by atoms with E-state index in [-0.39, 0.29) is 5.60 Å². The molecule has 0 spiro atoms. The number of rotatable bonds is 7. The zero-order chi connectivity index (χ0) is 12.9. The summed E-state index contributed by atoms with van der Waals surface area (Å²) in [5, 5.41) is 6.67. The Hall–Kier alpha value is -0.450. The van der Waals surface area contributed by atoms with Crippen LogP contribution < -0.4 is 5.32 Å². The molecule has 0 aromatic carbocycles. The minimum absolute atomic E-state index is 0.0910. The van der Waals surface area contributed by atoms with Crippen LogP contribution in [0.25, 0.3) is 0 Å². The molecule has 0 aliphatic heterocycles. The summed E-state index contributed by atoms with van der Waals surface area (Å²) in [4.78, 5) is 4.54. The van der Waals surface area contributed by atoms with E-state index in [1.165, 1.54) is 0 Å². The lowest BCUT2D eigenvalue weighted by Gasteiger charge is -2.38. The highest BCUT2D eigenvalue weighted by Gasteiger charge is 2.35. The lowest BCUT2D eigenvalue weighted by molar-refractivity contribution is -0.0456. The number of nitrogens with one attached hydrogen (secondary N) is 1. The first-order valence-electron chi connectivity index (χ1n) is 6.25. The summed E-state index contributed by atoms with van der Waals surface area (Å²) in [6, 6.07) is 0.309. The molecule has 0 fully saturated rings. The maximum atomic E-state index is 5.78. The van der Waals surface area contributed by atoms with Crippen molar-refractivity contribution in [3.63, 3.8) is 0 Å². The maximum absolute atomic E-state index is 5.78. The summed E-state index contributed by atoms with van der Waals surface area (Å²) in [6.07, 6.45) is 2.94. The van der Waals surface area contributed by atoms with Crippen molar-refractivity contribution in [3.8, 4) is 0 Å². The molecule has 3 nitrogen and oxygen atoms in total. The Kier molecular flexibility index (Phi) is 5.56. The fourth-order valence-electron chi connectivity index (χ4n) is 2.44. The van der Waals surface area contributed by atoms with Crippen LogP contribution in [0.3, 0.4) is 0 Å². The third-order valence-electron chi connectivity index (χ3n) is 3.67. The van der Waals surface area contributed by atoms with Gasteiger partial charge in [0.05, 0.1) is 16.3 Å². The van der Waals surface area contributed by atoms with Crippen molar-refractivity contribution in [1.29, 1.82) is 0 Å². The highest BCUT2D eigenvalue weighted by Crippen LogP contribution is 2.26. The van der Waals surface area contributed by atoms with Gasteiger partial charge in [0, 0.05) is 25.0 Å². The Bertz CT molecular complexity index is 326. The number of hydrogen-bond acceptors (Lipinski definition) is 4. The molecule has 1 unspecified atom stereocenters. The van der Waals surface area contributed by atoms with Crippen LogP contribution in [0, 0.1) is 6.92 Å². The van der Waals surface area contributed by atoms with Crippen LogP contribution in [0.2, 0.25) is 0 Å². The highest BCUT2D eigenvalue weighted by molar-refractivity contribution is 7.09. The third kappa shape index (κ3) is 3.27. The molecule has 0 radical (unpaired) electrons. The molecule has 1 aromatic rings. The first-order valence-corrected chi connectivity index (χ1v) is 7.13. The number of methoxy groups -OCH3 is 1. The van der Waals surface area contributed by atoms with Crippen LogP contribution in [0.1, 0.15) is 37.4 Å². The first-order chi connectivity index (χ1) is 8.11. The zero-order valence-electron chi connectivity index (χ0n) is 11.5. The second-order valence-electron chi connectivity index (χ2n) is 4.38. The molecule has 1 aromatic heterocycles. The zero-order valence-corrected chi connectivity index (χ0v) is 12.4. The minimum atomic E-state index is -0.0910. The standard InChI is InChI=1S/C13H24N2OS/c1-6-13(7-2,16-5)12(14-4)8-11-9-17-10(3)15-11/h9,12,14H,6-8H2,1-5H3. The summed E-state index contributed by atoms with van der Waals surface area (Å²) >= 11 is 1.71. The molecule has 1 atom stereocenters. The number of likely N-dealkylation sites (N-methyl/N-ethyl adjacent to an activating group) is 1. The average Bonchev–Trinajstić information content (AvgIpc) is 2.76. The van der Waals surface area contributed by atoms with Crippen molar-refractivity contribution in [1.82, 2.24) is 10.3 Å². The normalized spacial score (nSPS) is 13.9. The summed E-state index contributed by atoms with van der Waals surface area (Å²) < 4.78 is 5.78. The second-order valence-corrected chi connectivity index (χ2v) is 5.44. The van der Waals surface area contributed by atoms with Gasteiger partial charge in [0.1, 0.15) is 0 Å².